The molecule has 5 rings (SSSR count). The zero-order valence-corrected chi connectivity index (χ0v) is 24.4. The van der Waals surface area contributed by atoms with Gasteiger partial charge < -0.3 is 19.1 Å². The van der Waals surface area contributed by atoms with E-state index < -0.39 is 17.3 Å². The molecule has 218 valence electrons. The average molecular weight is 566 g/mol. The van der Waals surface area contributed by atoms with Gasteiger partial charge in [0, 0.05) is 61.4 Å². The number of alkyl halides is 2. The highest BCUT2D eigenvalue weighted by Crippen LogP contribution is 2.50. The van der Waals surface area contributed by atoms with Crippen LogP contribution in [0.15, 0.2) is 48.8 Å². The summed E-state index contributed by atoms with van der Waals surface area (Å²) >= 11 is 0. The van der Waals surface area contributed by atoms with E-state index >= 15 is 0 Å². The van der Waals surface area contributed by atoms with Gasteiger partial charge in [0.1, 0.15) is 23.1 Å². The van der Waals surface area contributed by atoms with Crippen molar-refractivity contribution < 1.29 is 23.0 Å². The number of nitrogens with zero attached hydrogens (tertiary/aromatic N) is 5. The lowest BCUT2D eigenvalue weighted by Gasteiger charge is -2.39. The van der Waals surface area contributed by atoms with Crippen LogP contribution in [0.5, 0.6) is 17.2 Å². The second kappa shape index (κ2) is 11.1. The molecule has 2 heterocycles. The third-order valence-corrected chi connectivity index (χ3v) is 7.74. The highest BCUT2D eigenvalue weighted by molar-refractivity contribution is 5.65. The van der Waals surface area contributed by atoms with Gasteiger partial charge in [0.25, 0.3) is 0 Å². The Hall–Kier alpha value is -3.95. The maximum absolute atomic E-state index is 14.7. The van der Waals surface area contributed by atoms with Crippen molar-refractivity contribution in [2.24, 2.45) is 5.41 Å². The van der Waals surface area contributed by atoms with Crippen LogP contribution in [-0.4, -0.2) is 46.8 Å². The van der Waals surface area contributed by atoms with Gasteiger partial charge in [-0.2, -0.15) is 0 Å². The summed E-state index contributed by atoms with van der Waals surface area (Å²) in [6.45, 7) is 6.67. The molecule has 0 bridgehead atoms. The van der Waals surface area contributed by atoms with Crippen LogP contribution in [0.1, 0.15) is 61.5 Å². The predicted octanol–water partition coefficient (Wildman–Crippen LogP) is 6.59. The van der Waals surface area contributed by atoms with Gasteiger partial charge in [-0.05, 0) is 42.5 Å². The standard InChI is InChI=1S/C31H37F2N5O3/c1-20-7-8-21(25(13-20)40-5)17-37(18-22-9-10-24(39-4)14-26(22)41-6)28-29-36-35-27(38(29)12-11-34-28)23-15-30(2,3)19-31(32,33)16-23/h7-14,23H,15-19H2,1-6H3. The molecule has 0 radical (unpaired) electrons. The van der Waals surface area contributed by atoms with Gasteiger partial charge in [-0.1, -0.05) is 26.0 Å². The van der Waals surface area contributed by atoms with Gasteiger partial charge in [-0.25, -0.2) is 13.8 Å². The molecule has 41 heavy (non-hydrogen) atoms. The summed E-state index contributed by atoms with van der Waals surface area (Å²) in [5, 5.41) is 8.96. The molecular formula is C31H37F2N5O3. The van der Waals surface area contributed by atoms with Crippen molar-refractivity contribution in [3.8, 4) is 17.2 Å². The molecule has 1 aliphatic carbocycles. The highest BCUT2D eigenvalue weighted by atomic mass is 19.3. The van der Waals surface area contributed by atoms with E-state index in [1.54, 1.807) is 33.7 Å². The number of aromatic nitrogens is 4. The summed E-state index contributed by atoms with van der Waals surface area (Å²) in [4.78, 5) is 6.80. The number of fused-ring (bicyclic) bond motifs is 1. The Labute approximate surface area is 239 Å². The normalized spacial score (nSPS) is 17.8. The largest absolute Gasteiger partial charge is 0.497 e. The van der Waals surface area contributed by atoms with Gasteiger partial charge in [0.2, 0.25) is 11.6 Å². The molecule has 0 spiro atoms. The molecule has 8 nitrogen and oxygen atoms in total. The van der Waals surface area contributed by atoms with Crippen LogP contribution >= 0.6 is 0 Å². The number of hydrogen-bond acceptors (Lipinski definition) is 7. The first-order valence-electron chi connectivity index (χ1n) is 13.7. The van der Waals surface area contributed by atoms with Crippen molar-refractivity contribution in [3.63, 3.8) is 0 Å². The van der Waals surface area contributed by atoms with Crippen LogP contribution in [0, 0.1) is 12.3 Å². The molecule has 10 heteroatoms. The summed E-state index contributed by atoms with van der Waals surface area (Å²) in [7, 11) is 4.89. The molecule has 1 aliphatic rings. The molecule has 1 fully saturated rings. The Morgan fingerprint density at radius 1 is 0.927 bits per heavy atom. The van der Waals surface area contributed by atoms with Crippen LogP contribution in [0.4, 0.5) is 14.6 Å². The summed E-state index contributed by atoms with van der Waals surface area (Å²) in [5.74, 6) is 0.0498. The third kappa shape index (κ3) is 6.06. The van der Waals surface area contributed by atoms with E-state index in [0.717, 1.165) is 22.4 Å². The summed E-state index contributed by atoms with van der Waals surface area (Å²) < 4.78 is 48.1. The number of anilines is 1. The number of rotatable bonds is 9. The Bertz CT molecular complexity index is 1520. The van der Waals surface area contributed by atoms with E-state index in [1.807, 2.05) is 61.6 Å². The number of aryl methyl sites for hydroxylation is 1. The van der Waals surface area contributed by atoms with Gasteiger partial charge in [0.15, 0.2) is 5.82 Å². The summed E-state index contributed by atoms with van der Waals surface area (Å²) in [6.07, 6.45) is 3.66. The summed E-state index contributed by atoms with van der Waals surface area (Å²) in [5.41, 5.74) is 2.96. The minimum atomic E-state index is -2.76. The molecule has 1 atom stereocenters. The lowest BCUT2D eigenvalue weighted by molar-refractivity contribution is -0.0818. The van der Waals surface area contributed by atoms with E-state index in [9.17, 15) is 8.78 Å². The molecule has 2 aromatic heterocycles. The fourth-order valence-electron chi connectivity index (χ4n) is 6.04. The van der Waals surface area contributed by atoms with E-state index in [0.29, 0.717) is 48.3 Å². The topological polar surface area (TPSA) is 74.0 Å². The Morgan fingerprint density at radius 2 is 1.61 bits per heavy atom. The molecule has 2 aromatic carbocycles. The van der Waals surface area contributed by atoms with Gasteiger partial charge in [0.05, 0.1) is 21.3 Å². The van der Waals surface area contributed by atoms with Gasteiger partial charge in [-0.3, -0.25) is 4.40 Å². The van der Waals surface area contributed by atoms with Crippen molar-refractivity contribution in [2.45, 2.75) is 65.0 Å². The first-order valence-corrected chi connectivity index (χ1v) is 13.7. The highest BCUT2D eigenvalue weighted by Gasteiger charge is 2.46. The minimum Gasteiger partial charge on any atom is -0.497 e. The molecule has 0 saturated heterocycles. The van der Waals surface area contributed by atoms with Crippen LogP contribution in [0.25, 0.3) is 5.65 Å². The number of hydrogen-bond donors (Lipinski definition) is 0. The second-order valence-corrected chi connectivity index (χ2v) is 11.7. The smallest absolute Gasteiger partial charge is 0.249 e. The minimum absolute atomic E-state index is 0.129. The Balaban J connectivity index is 1.59. The predicted molar refractivity (Wildman–Crippen MR) is 153 cm³/mol. The van der Waals surface area contributed by atoms with Crippen molar-refractivity contribution >= 4 is 11.5 Å². The first-order chi connectivity index (χ1) is 19.5. The molecule has 1 saturated carbocycles. The average Bonchev–Trinajstić information content (AvgIpc) is 3.36. The van der Waals surface area contributed by atoms with Crippen molar-refractivity contribution in [1.29, 1.82) is 0 Å². The van der Waals surface area contributed by atoms with E-state index in [-0.39, 0.29) is 12.8 Å². The first kappa shape index (κ1) is 28.6. The van der Waals surface area contributed by atoms with Crippen molar-refractivity contribution in [1.82, 2.24) is 19.6 Å². The van der Waals surface area contributed by atoms with Crippen LogP contribution in [-0.2, 0) is 13.1 Å². The van der Waals surface area contributed by atoms with Gasteiger partial charge in [-0.15, -0.1) is 10.2 Å². The summed E-state index contributed by atoms with van der Waals surface area (Å²) in [6, 6.07) is 11.8. The quantitative estimate of drug-likeness (QED) is 0.227. The molecule has 0 N–H and O–H groups in total. The molecule has 0 amide bonds. The number of halogens is 2. The number of benzene rings is 2. The fraction of sp³-hybridized carbons (Fsp3) is 0.452. The monoisotopic (exact) mass is 565 g/mol. The SMILES string of the molecule is COc1ccc(CN(Cc2ccc(C)cc2OC)c2nccn3c(C4CC(C)(C)CC(F)(F)C4)nnc23)c(OC)c1. The lowest BCUT2D eigenvalue weighted by atomic mass is 9.70. The van der Waals surface area contributed by atoms with Crippen molar-refractivity contribution in [3.05, 3.63) is 71.3 Å². The fourth-order valence-corrected chi connectivity index (χ4v) is 6.04. The van der Waals surface area contributed by atoms with Crippen LogP contribution < -0.4 is 19.1 Å². The van der Waals surface area contributed by atoms with Crippen LogP contribution in [0.3, 0.4) is 0 Å². The Morgan fingerprint density at radius 3 is 2.27 bits per heavy atom. The van der Waals surface area contributed by atoms with E-state index in [1.165, 1.54) is 0 Å². The van der Waals surface area contributed by atoms with Crippen LogP contribution in [0.2, 0.25) is 0 Å². The zero-order chi connectivity index (χ0) is 29.4. The second-order valence-electron chi connectivity index (χ2n) is 11.7. The number of ether oxygens (including phenoxy) is 3. The zero-order valence-electron chi connectivity index (χ0n) is 24.4. The maximum Gasteiger partial charge on any atom is 0.249 e. The molecule has 1 unspecified atom stereocenters. The molecule has 0 aliphatic heterocycles. The van der Waals surface area contributed by atoms with E-state index in [4.69, 9.17) is 19.2 Å². The molecular weight excluding hydrogens is 528 g/mol. The van der Waals surface area contributed by atoms with Crippen molar-refractivity contribution in [2.75, 3.05) is 26.2 Å². The molecule has 4 aromatic rings. The van der Waals surface area contributed by atoms with E-state index in [2.05, 4.69) is 15.1 Å². The van der Waals surface area contributed by atoms with Gasteiger partial charge >= 0.3 is 0 Å². The third-order valence-electron chi connectivity index (χ3n) is 7.74. The Kier molecular flexibility index (Phi) is 7.76. The lowest BCUT2D eigenvalue weighted by Crippen LogP contribution is -2.36. The maximum atomic E-state index is 14.7. The number of methoxy groups -OCH3 is 3.